The van der Waals surface area contributed by atoms with E-state index in [-0.39, 0.29) is 6.10 Å². The minimum atomic E-state index is -0.0341. The molecule has 0 aliphatic carbocycles. The molecule has 0 amide bonds. The Hall–Kier alpha value is -3.16. The molecule has 172 valence electrons. The fraction of sp³-hybridized carbons (Fsp3) is 0.385. The molecule has 5 rings (SSSR count). The third-order valence-corrected chi connectivity index (χ3v) is 6.26. The Kier molecular flexibility index (Phi) is 6.41. The summed E-state index contributed by atoms with van der Waals surface area (Å²) < 4.78 is 16.2. The molecule has 2 aromatic carbocycles. The van der Waals surface area contributed by atoms with Crippen LogP contribution in [0, 0.1) is 0 Å². The highest BCUT2D eigenvalue weighted by atomic mass is 16.5. The highest BCUT2D eigenvalue weighted by Crippen LogP contribution is 2.24. The third-order valence-electron chi connectivity index (χ3n) is 6.26. The number of aromatic nitrogens is 4. The average molecular weight is 446 g/mol. The predicted molar refractivity (Wildman–Crippen MR) is 128 cm³/mol. The van der Waals surface area contributed by atoms with Gasteiger partial charge in [0.05, 0.1) is 36.5 Å². The smallest absolute Gasteiger partial charge is 0.124 e. The van der Waals surface area contributed by atoms with Gasteiger partial charge in [-0.1, -0.05) is 30.3 Å². The SMILES string of the molecule is CCn1c(CN2CCO[C@@H](c3cc(CCOc4ccccc4)n(C)n3)C2)nc2ccccc21. The van der Waals surface area contributed by atoms with Crippen LogP contribution in [0.5, 0.6) is 5.75 Å². The van der Waals surface area contributed by atoms with E-state index < -0.39 is 0 Å². The summed E-state index contributed by atoms with van der Waals surface area (Å²) in [7, 11) is 1.99. The Morgan fingerprint density at radius 1 is 1.09 bits per heavy atom. The summed E-state index contributed by atoms with van der Waals surface area (Å²) in [5, 5.41) is 4.76. The van der Waals surface area contributed by atoms with Crippen molar-refractivity contribution in [1.82, 2.24) is 24.2 Å². The van der Waals surface area contributed by atoms with E-state index in [1.54, 1.807) is 0 Å². The van der Waals surface area contributed by atoms with Gasteiger partial charge in [-0.3, -0.25) is 9.58 Å². The minimum Gasteiger partial charge on any atom is -0.493 e. The van der Waals surface area contributed by atoms with Crippen LogP contribution in [0.4, 0.5) is 0 Å². The highest BCUT2D eigenvalue weighted by molar-refractivity contribution is 5.75. The number of imidazole rings is 1. The number of benzene rings is 2. The van der Waals surface area contributed by atoms with Crippen molar-refractivity contribution in [2.45, 2.75) is 32.5 Å². The van der Waals surface area contributed by atoms with Crippen molar-refractivity contribution in [3.8, 4) is 5.75 Å². The highest BCUT2D eigenvalue weighted by Gasteiger charge is 2.26. The summed E-state index contributed by atoms with van der Waals surface area (Å²) >= 11 is 0. The molecular formula is C26H31N5O2. The molecular weight excluding hydrogens is 414 g/mol. The van der Waals surface area contributed by atoms with Gasteiger partial charge in [-0.15, -0.1) is 0 Å². The lowest BCUT2D eigenvalue weighted by Crippen LogP contribution is -2.38. The van der Waals surface area contributed by atoms with E-state index in [9.17, 15) is 0 Å². The fourth-order valence-electron chi connectivity index (χ4n) is 4.54. The number of ether oxygens (including phenoxy) is 2. The molecule has 1 aliphatic rings. The topological polar surface area (TPSA) is 57.3 Å². The predicted octanol–water partition coefficient (Wildman–Crippen LogP) is 3.98. The molecule has 1 fully saturated rings. The minimum absolute atomic E-state index is 0.0341. The summed E-state index contributed by atoms with van der Waals surface area (Å²) in [5.41, 5.74) is 4.40. The number of aryl methyl sites for hydroxylation is 2. The lowest BCUT2D eigenvalue weighted by Gasteiger charge is -2.31. The second-order valence-electron chi connectivity index (χ2n) is 8.45. The normalized spacial score (nSPS) is 17.0. The molecule has 1 saturated heterocycles. The molecule has 1 atom stereocenters. The van der Waals surface area contributed by atoms with Crippen LogP contribution >= 0.6 is 0 Å². The van der Waals surface area contributed by atoms with Crippen LogP contribution < -0.4 is 4.74 Å². The zero-order valence-corrected chi connectivity index (χ0v) is 19.4. The molecule has 7 heteroatoms. The zero-order valence-electron chi connectivity index (χ0n) is 19.4. The quantitative estimate of drug-likeness (QED) is 0.411. The van der Waals surface area contributed by atoms with Crippen molar-refractivity contribution >= 4 is 11.0 Å². The lowest BCUT2D eigenvalue weighted by molar-refractivity contribution is -0.0361. The van der Waals surface area contributed by atoms with E-state index in [1.807, 2.05) is 48.1 Å². The number of hydrogen-bond acceptors (Lipinski definition) is 5. The maximum Gasteiger partial charge on any atom is 0.124 e. The number of hydrogen-bond donors (Lipinski definition) is 0. The van der Waals surface area contributed by atoms with Gasteiger partial charge in [0.1, 0.15) is 17.7 Å². The molecule has 0 spiro atoms. The summed E-state index contributed by atoms with van der Waals surface area (Å²) in [4.78, 5) is 7.32. The van der Waals surface area contributed by atoms with Crippen LogP contribution in [0.15, 0.2) is 60.7 Å². The van der Waals surface area contributed by atoms with Gasteiger partial charge < -0.3 is 14.0 Å². The van der Waals surface area contributed by atoms with Crippen LogP contribution in [0.3, 0.4) is 0 Å². The molecule has 33 heavy (non-hydrogen) atoms. The van der Waals surface area contributed by atoms with Crippen molar-refractivity contribution < 1.29 is 9.47 Å². The maximum absolute atomic E-state index is 6.11. The van der Waals surface area contributed by atoms with Gasteiger partial charge in [-0.2, -0.15) is 5.10 Å². The van der Waals surface area contributed by atoms with Gasteiger partial charge in [0.25, 0.3) is 0 Å². The van der Waals surface area contributed by atoms with Crippen molar-refractivity contribution in [2.75, 3.05) is 26.3 Å². The van der Waals surface area contributed by atoms with Crippen LogP contribution in [0.25, 0.3) is 11.0 Å². The van der Waals surface area contributed by atoms with Crippen LogP contribution in [-0.4, -0.2) is 50.5 Å². The van der Waals surface area contributed by atoms with Crippen LogP contribution in [0.2, 0.25) is 0 Å². The lowest BCUT2D eigenvalue weighted by atomic mass is 10.2. The summed E-state index contributed by atoms with van der Waals surface area (Å²) in [6.45, 7) is 6.92. The van der Waals surface area contributed by atoms with E-state index in [4.69, 9.17) is 19.6 Å². The molecule has 4 aromatic rings. The molecule has 1 aliphatic heterocycles. The molecule has 0 radical (unpaired) electrons. The van der Waals surface area contributed by atoms with Crippen molar-refractivity contribution in [3.63, 3.8) is 0 Å². The Morgan fingerprint density at radius 3 is 2.76 bits per heavy atom. The van der Waals surface area contributed by atoms with Gasteiger partial charge in [0, 0.05) is 38.8 Å². The fourth-order valence-corrected chi connectivity index (χ4v) is 4.54. The van der Waals surface area contributed by atoms with Crippen molar-refractivity contribution in [2.24, 2.45) is 7.05 Å². The standard InChI is InChI=1S/C26H31N5O2/c1-3-31-24-12-8-7-11-22(24)27-26(31)19-30-14-16-33-25(18-30)23-17-20(29(2)28-23)13-15-32-21-9-5-4-6-10-21/h4-12,17,25H,3,13-16,18-19H2,1-2H3/t25-/m1/s1. The maximum atomic E-state index is 6.11. The first-order chi connectivity index (χ1) is 16.2. The largest absolute Gasteiger partial charge is 0.493 e. The van der Waals surface area contributed by atoms with Gasteiger partial charge in [-0.25, -0.2) is 4.98 Å². The molecule has 0 N–H and O–H groups in total. The van der Waals surface area contributed by atoms with Crippen LogP contribution in [0.1, 0.15) is 30.2 Å². The second kappa shape index (κ2) is 9.77. The summed E-state index contributed by atoms with van der Waals surface area (Å²) in [5.74, 6) is 2.00. The monoisotopic (exact) mass is 445 g/mol. The molecule has 2 aromatic heterocycles. The van der Waals surface area contributed by atoms with E-state index in [0.717, 1.165) is 61.1 Å². The molecule has 3 heterocycles. The Morgan fingerprint density at radius 2 is 1.91 bits per heavy atom. The van der Waals surface area contributed by atoms with Crippen molar-refractivity contribution in [3.05, 3.63) is 77.9 Å². The Balaban J connectivity index is 1.23. The van der Waals surface area contributed by atoms with E-state index in [2.05, 4.69) is 40.7 Å². The summed E-state index contributed by atoms with van der Waals surface area (Å²) in [6, 6.07) is 20.4. The first kappa shape index (κ1) is 21.7. The van der Waals surface area contributed by atoms with Gasteiger partial charge in [0.2, 0.25) is 0 Å². The number of morpholine rings is 1. The first-order valence-electron chi connectivity index (χ1n) is 11.7. The van der Waals surface area contributed by atoms with Gasteiger partial charge in [-0.05, 0) is 37.3 Å². The molecule has 7 nitrogen and oxygen atoms in total. The Bertz CT molecular complexity index is 1200. The van der Waals surface area contributed by atoms with Crippen molar-refractivity contribution in [1.29, 1.82) is 0 Å². The van der Waals surface area contributed by atoms with E-state index in [1.165, 1.54) is 5.52 Å². The number of rotatable bonds is 8. The molecule has 0 bridgehead atoms. The zero-order chi connectivity index (χ0) is 22.6. The Labute approximate surface area is 194 Å². The number of nitrogens with zero attached hydrogens (tertiary/aromatic N) is 5. The number of fused-ring (bicyclic) bond motifs is 1. The van der Waals surface area contributed by atoms with E-state index >= 15 is 0 Å². The van der Waals surface area contributed by atoms with E-state index in [0.29, 0.717) is 13.2 Å². The van der Waals surface area contributed by atoms with Gasteiger partial charge in [0.15, 0.2) is 0 Å². The molecule has 0 unspecified atom stereocenters. The average Bonchev–Trinajstić information content (AvgIpc) is 3.39. The van der Waals surface area contributed by atoms with Crippen LogP contribution in [-0.2, 0) is 31.3 Å². The van der Waals surface area contributed by atoms with Gasteiger partial charge >= 0.3 is 0 Å². The third kappa shape index (κ3) is 4.79. The first-order valence-corrected chi connectivity index (χ1v) is 11.7. The second-order valence-corrected chi connectivity index (χ2v) is 8.45. The summed E-state index contributed by atoms with van der Waals surface area (Å²) in [6.07, 6.45) is 0.767. The number of para-hydroxylation sites is 3. The molecule has 0 saturated carbocycles.